The van der Waals surface area contributed by atoms with Crippen molar-refractivity contribution in [2.75, 3.05) is 19.0 Å². The van der Waals surface area contributed by atoms with Crippen LogP contribution in [-0.4, -0.2) is 19.6 Å². The number of anilines is 1. The standard InChI is InChI=1S/C19H22ClNO3/c1-19(2,3)14-7-5-6-8-16(14)24-12-18(22)21-13-9-10-17(23-4)15(20)11-13/h5-11H,12H2,1-4H3,(H,21,22). The van der Waals surface area contributed by atoms with Gasteiger partial charge in [0.1, 0.15) is 11.5 Å². The highest BCUT2D eigenvalue weighted by atomic mass is 35.5. The molecule has 0 heterocycles. The third-order valence-electron chi connectivity index (χ3n) is 3.49. The van der Waals surface area contributed by atoms with Gasteiger partial charge in [-0.3, -0.25) is 4.79 Å². The Balaban J connectivity index is 2.01. The van der Waals surface area contributed by atoms with Crippen LogP contribution in [0.1, 0.15) is 26.3 Å². The van der Waals surface area contributed by atoms with E-state index in [0.29, 0.717) is 22.2 Å². The van der Waals surface area contributed by atoms with Crippen LogP contribution in [0.15, 0.2) is 42.5 Å². The number of nitrogens with one attached hydrogen (secondary N) is 1. The Kier molecular flexibility index (Phi) is 5.73. The third kappa shape index (κ3) is 4.65. The first-order valence-corrected chi connectivity index (χ1v) is 8.05. The van der Waals surface area contributed by atoms with Crippen molar-refractivity contribution in [3.05, 3.63) is 53.1 Å². The summed E-state index contributed by atoms with van der Waals surface area (Å²) in [5, 5.41) is 3.20. The van der Waals surface area contributed by atoms with E-state index in [2.05, 4.69) is 26.1 Å². The molecule has 0 atom stereocenters. The van der Waals surface area contributed by atoms with E-state index in [-0.39, 0.29) is 17.9 Å². The minimum absolute atomic E-state index is 0.0590. The zero-order valence-corrected chi connectivity index (χ0v) is 15.1. The zero-order valence-electron chi connectivity index (χ0n) is 14.4. The number of hydrogen-bond acceptors (Lipinski definition) is 3. The molecule has 0 unspecified atom stereocenters. The second-order valence-electron chi connectivity index (χ2n) is 6.43. The largest absolute Gasteiger partial charge is 0.495 e. The van der Waals surface area contributed by atoms with Gasteiger partial charge in [0.05, 0.1) is 12.1 Å². The molecule has 0 bridgehead atoms. The topological polar surface area (TPSA) is 47.6 Å². The van der Waals surface area contributed by atoms with E-state index in [1.807, 2.05) is 24.3 Å². The maximum atomic E-state index is 12.1. The van der Waals surface area contributed by atoms with Crippen LogP contribution in [0.4, 0.5) is 5.69 Å². The van der Waals surface area contributed by atoms with Crippen molar-refractivity contribution in [2.24, 2.45) is 0 Å². The van der Waals surface area contributed by atoms with Gasteiger partial charge < -0.3 is 14.8 Å². The van der Waals surface area contributed by atoms with Gasteiger partial charge in [-0.1, -0.05) is 50.6 Å². The number of rotatable bonds is 5. The van der Waals surface area contributed by atoms with Gasteiger partial charge in [-0.15, -0.1) is 0 Å². The highest BCUT2D eigenvalue weighted by Gasteiger charge is 2.19. The lowest BCUT2D eigenvalue weighted by atomic mass is 9.86. The fraction of sp³-hybridized carbons (Fsp3) is 0.316. The first-order chi connectivity index (χ1) is 11.3. The fourth-order valence-electron chi connectivity index (χ4n) is 2.30. The zero-order chi connectivity index (χ0) is 17.7. The second kappa shape index (κ2) is 7.58. The van der Waals surface area contributed by atoms with Gasteiger partial charge >= 0.3 is 0 Å². The Morgan fingerprint density at radius 2 is 1.83 bits per heavy atom. The minimum atomic E-state index is -0.250. The molecule has 0 aromatic heterocycles. The molecule has 0 saturated carbocycles. The van der Waals surface area contributed by atoms with Crippen LogP contribution in [0.2, 0.25) is 5.02 Å². The predicted molar refractivity (Wildman–Crippen MR) is 97.3 cm³/mol. The van der Waals surface area contributed by atoms with Crippen LogP contribution in [0.5, 0.6) is 11.5 Å². The molecule has 2 rings (SSSR count). The molecule has 1 N–H and O–H groups in total. The molecule has 0 aliphatic heterocycles. The van der Waals surface area contributed by atoms with E-state index < -0.39 is 0 Å². The van der Waals surface area contributed by atoms with E-state index in [9.17, 15) is 4.79 Å². The van der Waals surface area contributed by atoms with Gasteiger partial charge in [0.2, 0.25) is 0 Å². The fourth-order valence-corrected chi connectivity index (χ4v) is 2.55. The number of benzene rings is 2. The number of carbonyl (C=O) groups is 1. The molecular formula is C19H22ClNO3. The van der Waals surface area contributed by atoms with Crippen LogP contribution in [-0.2, 0) is 10.2 Å². The molecule has 4 nitrogen and oxygen atoms in total. The molecule has 2 aromatic rings. The summed E-state index contributed by atoms with van der Waals surface area (Å²) in [5.41, 5.74) is 1.60. The van der Waals surface area contributed by atoms with Gasteiger partial charge in [-0.05, 0) is 35.2 Å². The molecule has 1 amide bonds. The van der Waals surface area contributed by atoms with Gasteiger partial charge in [-0.2, -0.15) is 0 Å². The lowest BCUT2D eigenvalue weighted by Gasteiger charge is -2.22. The Morgan fingerprint density at radius 3 is 2.46 bits per heavy atom. The van der Waals surface area contributed by atoms with Crippen molar-refractivity contribution in [2.45, 2.75) is 26.2 Å². The Hall–Kier alpha value is -2.20. The van der Waals surface area contributed by atoms with Crippen molar-refractivity contribution in [1.29, 1.82) is 0 Å². The number of amides is 1. The van der Waals surface area contributed by atoms with Gasteiger partial charge in [0, 0.05) is 5.69 Å². The molecular weight excluding hydrogens is 326 g/mol. The summed E-state index contributed by atoms with van der Waals surface area (Å²) in [6.07, 6.45) is 0. The van der Waals surface area contributed by atoms with E-state index in [1.54, 1.807) is 25.3 Å². The lowest BCUT2D eigenvalue weighted by molar-refractivity contribution is -0.118. The maximum absolute atomic E-state index is 12.1. The lowest BCUT2D eigenvalue weighted by Crippen LogP contribution is -2.22. The molecule has 128 valence electrons. The van der Waals surface area contributed by atoms with Crippen LogP contribution in [0, 0.1) is 0 Å². The Morgan fingerprint density at radius 1 is 1.12 bits per heavy atom. The van der Waals surface area contributed by atoms with Gasteiger partial charge in [0.15, 0.2) is 6.61 Å². The summed E-state index contributed by atoms with van der Waals surface area (Å²) < 4.78 is 10.8. The SMILES string of the molecule is COc1ccc(NC(=O)COc2ccccc2C(C)(C)C)cc1Cl. The summed E-state index contributed by atoms with van der Waals surface area (Å²) in [4.78, 5) is 12.1. The van der Waals surface area contributed by atoms with Crippen molar-refractivity contribution >= 4 is 23.2 Å². The van der Waals surface area contributed by atoms with Crippen LogP contribution < -0.4 is 14.8 Å². The normalized spacial score (nSPS) is 11.0. The maximum Gasteiger partial charge on any atom is 0.262 e. The summed E-state index contributed by atoms with van der Waals surface area (Å²) in [6.45, 7) is 6.24. The van der Waals surface area contributed by atoms with Crippen molar-refractivity contribution in [1.82, 2.24) is 0 Å². The van der Waals surface area contributed by atoms with Crippen LogP contribution >= 0.6 is 11.6 Å². The van der Waals surface area contributed by atoms with E-state index >= 15 is 0 Å². The first kappa shape index (κ1) is 18.1. The molecule has 24 heavy (non-hydrogen) atoms. The Bertz CT molecular complexity index is 723. The van der Waals surface area contributed by atoms with Crippen molar-refractivity contribution in [3.8, 4) is 11.5 Å². The average Bonchev–Trinajstić information content (AvgIpc) is 2.52. The second-order valence-corrected chi connectivity index (χ2v) is 6.84. The minimum Gasteiger partial charge on any atom is -0.495 e. The van der Waals surface area contributed by atoms with Crippen molar-refractivity contribution in [3.63, 3.8) is 0 Å². The summed E-state index contributed by atoms with van der Waals surface area (Å²) in [7, 11) is 1.54. The highest BCUT2D eigenvalue weighted by Crippen LogP contribution is 2.31. The summed E-state index contributed by atoms with van der Waals surface area (Å²) in [6, 6.07) is 12.8. The van der Waals surface area contributed by atoms with Gasteiger partial charge in [0.25, 0.3) is 5.91 Å². The van der Waals surface area contributed by atoms with Crippen LogP contribution in [0.25, 0.3) is 0 Å². The smallest absolute Gasteiger partial charge is 0.262 e. The van der Waals surface area contributed by atoms with E-state index in [4.69, 9.17) is 21.1 Å². The number of hydrogen-bond donors (Lipinski definition) is 1. The average molecular weight is 348 g/mol. The molecule has 0 fully saturated rings. The quantitative estimate of drug-likeness (QED) is 0.855. The molecule has 0 spiro atoms. The predicted octanol–water partition coefficient (Wildman–Crippen LogP) is 4.66. The van der Waals surface area contributed by atoms with E-state index in [1.165, 1.54) is 0 Å². The summed E-state index contributed by atoms with van der Waals surface area (Å²) in [5.74, 6) is 1.03. The number of halogens is 1. The first-order valence-electron chi connectivity index (χ1n) is 7.67. The molecule has 2 aromatic carbocycles. The Labute approximate surface area is 147 Å². The number of para-hydroxylation sites is 1. The third-order valence-corrected chi connectivity index (χ3v) is 3.78. The molecule has 0 saturated heterocycles. The van der Waals surface area contributed by atoms with Crippen LogP contribution in [0.3, 0.4) is 0 Å². The molecule has 0 aliphatic carbocycles. The monoisotopic (exact) mass is 347 g/mol. The highest BCUT2D eigenvalue weighted by molar-refractivity contribution is 6.32. The molecule has 0 aliphatic rings. The van der Waals surface area contributed by atoms with Crippen molar-refractivity contribution < 1.29 is 14.3 Å². The van der Waals surface area contributed by atoms with E-state index in [0.717, 1.165) is 5.56 Å². The molecule has 0 radical (unpaired) electrons. The number of ether oxygens (including phenoxy) is 2. The molecule has 5 heteroatoms. The summed E-state index contributed by atoms with van der Waals surface area (Å²) >= 11 is 6.05. The number of methoxy groups -OCH3 is 1. The number of carbonyl (C=O) groups excluding carboxylic acids is 1. The van der Waals surface area contributed by atoms with Gasteiger partial charge in [-0.25, -0.2) is 0 Å².